The second-order valence-electron chi connectivity index (χ2n) is 6.06. The highest BCUT2D eigenvalue weighted by atomic mass is 16.1. The average Bonchev–Trinajstić information content (AvgIpc) is 2.41. The zero-order valence-electron chi connectivity index (χ0n) is 12.5. The summed E-state index contributed by atoms with van der Waals surface area (Å²) in [5.74, 6) is 0.0537. The highest BCUT2D eigenvalue weighted by Gasteiger charge is 2.30. The monoisotopic (exact) mass is 274 g/mol. The van der Waals surface area contributed by atoms with Gasteiger partial charge in [0.15, 0.2) is 0 Å². The fourth-order valence-corrected chi connectivity index (χ4v) is 3.08. The van der Waals surface area contributed by atoms with Crippen molar-refractivity contribution in [1.29, 1.82) is 0 Å². The summed E-state index contributed by atoms with van der Waals surface area (Å²) in [4.78, 5) is 12.3. The highest BCUT2D eigenvalue weighted by Crippen LogP contribution is 2.29. The third-order valence-corrected chi connectivity index (χ3v) is 4.17. The molecule has 0 aliphatic heterocycles. The van der Waals surface area contributed by atoms with Crippen LogP contribution in [0.25, 0.3) is 0 Å². The Morgan fingerprint density at radius 3 is 2.65 bits per heavy atom. The number of nitrogens with two attached hydrogens (primary N) is 1. The Kier molecular flexibility index (Phi) is 5.18. The molecule has 0 spiro atoms. The van der Waals surface area contributed by atoms with Gasteiger partial charge < -0.3 is 11.1 Å². The lowest BCUT2D eigenvalue weighted by Crippen LogP contribution is -2.44. The molecule has 3 nitrogen and oxygen atoms in total. The van der Waals surface area contributed by atoms with Crippen LogP contribution in [0.2, 0.25) is 0 Å². The van der Waals surface area contributed by atoms with Gasteiger partial charge in [0.05, 0.1) is 0 Å². The molecule has 0 atom stereocenters. The molecule has 20 heavy (non-hydrogen) atoms. The first-order chi connectivity index (χ1) is 9.63. The van der Waals surface area contributed by atoms with Gasteiger partial charge in [-0.1, -0.05) is 50.8 Å². The number of aryl methyl sites for hydroxylation is 1. The van der Waals surface area contributed by atoms with Gasteiger partial charge in [-0.05, 0) is 30.9 Å². The molecule has 1 aliphatic rings. The van der Waals surface area contributed by atoms with Gasteiger partial charge in [0.25, 0.3) is 0 Å². The molecular weight excluding hydrogens is 248 g/mol. The maximum atomic E-state index is 12.3. The van der Waals surface area contributed by atoms with Gasteiger partial charge in [0.1, 0.15) is 0 Å². The number of carbonyl (C=O) groups is 1. The van der Waals surface area contributed by atoms with Crippen molar-refractivity contribution in [3.05, 3.63) is 29.8 Å². The van der Waals surface area contributed by atoms with E-state index in [9.17, 15) is 4.79 Å². The molecule has 0 unspecified atom stereocenters. The summed E-state index contributed by atoms with van der Waals surface area (Å²) in [5.41, 5.74) is 8.21. The molecule has 1 amide bonds. The van der Waals surface area contributed by atoms with Gasteiger partial charge in [-0.3, -0.25) is 4.79 Å². The van der Waals surface area contributed by atoms with Crippen LogP contribution in [0.3, 0.4) is 0 Å². The lowest BCUT2D eigenvalue weighted by Gasteiger charge is -2.32. The number of hydrogen-bond acceptors (Lipinski definition) is 2. The van der Waals surface area contributed by atoms with Crippen LogP contribution < -0.4 is 11.1 Å². The second-order valence-corrected chi connectivity index (χ2v) is 6.06. The summed E-state index contributed by atoms with van der Waals surface area (Å²) in [6.45, 7) is 2.15. The van der Waals surface area contributed by atoms with Gasteiger partial charge in [-0.15, -0.1) is 0 Å². The molecular formula is C17H26N2O. The number of nitrogens with one attached hydrogen (secondary N) is 1. The third-order valence-electron chi connectivity index (χ3n) is 4.17. The van der Waals surface area contributed by atoms with E-state index >= 15 is 0 Å². The maximum Gasteiger partial charge on any atom is 0.226 e. The van der Waals surface area contributed by atoms with Crippen molar-refractivity contribution in [3.63, 3.8) is 0 Å². The Morgan fingerprint density at radius 2 is 1.95 bits per heavy atom. The number of hydrogen-bond donors (Lipinski definition) is 2. The molecule has 2 rings (SSSR count). The van der Waals surface area contributed by atoms with Gasteiger partial charge >= 0.3 is 0 Å². The zero-order valence-corrected chi connectivity index (χ0v) is 12.5. The second kappa shape index (κ2) is 6.89. The van der Waals surface area contributed by atoms with E-state index in [0.29, 0.717) is 6.42 Å². The molecule has 1 fully saturated rings. The first kappa shape index (κ1) is 15.0. The molecule has 3 N–H and O–H groups in total. The molecule has 1 saturated carbocycles. The molecule has 1 aliphatic carbocycles. The minimum Gasteiger partial charge on any atom is -0.326 e. The molecule has 0 radical (unpaired) electrons. The normalized spacial score (nSPS) is 17.7. The molecule has 1 aromatic carbocycles. The van der Waals surface area contributed by atoms with E-state index < -0.39 is 0 Å². The minimum atomic E-state index is -0.290. The number of para-hydroxylation sites is 1. The number of carbonyl (C=O) groups excluding carboxylic acids is 1. The molecule has 3 heteroatoms. The van der Waals surface area contributed by atoms with Crippen molar-refractivity contribution in [1.82, 2.24) is 0 Å². The van der Waals surface area contributed by atoms with Crippen LogP contribution in [0.15, 0.2) is 24.3 Å². The summed E-state index contributed by atoms with van der Waals surface area (Å²) in [6, 6.07) is 8.05. The Hall–Kier alpha value is -1.35. The molecule has 1 aromatic rings. The molecule has 0 aromatic heterocycles. The Labute approximate surface area is 121 Å². The predicted octanol–water partition coefficient (Wildman–Crippen LogP) is 3.63. The first-order valence-corrected chi connectivity index (χ1v) is 7.80. The summed E-state index contributed by atoms with van der Waals surface area (Å²) in [6.07, 6.45) is 7.99. The number of amides is 1. The Morgan fingerprint density at radius 1 is 1.25 bits per heavy atom. The van der Waals surface area contributed by atoms with Gasteiger partial charge in [-0.2, -0.15) is 0 Å². The van der Waals surface area contributed by atoms with E-state index in [0.717, 1.165) is 44.2 Å². The van der Waals surface area contributed by atoms with Crippen LogP contribution in [-0.4, -0.2) is 11.4 Å². The van der Waals surface area contributed by atoms with Crippen molar-refractivity contribution in [3.8, 4) is 0 Å². The fourth-order valence-electron chi connectivity index (χ4n) is 3.08. The predicted molar refractivity (Wildman–Crippen MR) is 83.7 cm³/mol. The van der Waals surface area contributed by atoms with E-state index in [1.807, 2.05) is 18.2 Å². The fraction of sp³-hybridized carbons (Fsp3) is 0.588. The summed E-state index contributed by atoms with van der Waals surface area (Å²) in [5, 5.41) is 3.05. The smallest absolute Gasteiger partial charge is 0.226 e. The lowest BCUT2D eigenvalue weighted by molar-refractivity contribution is -0.117. The van der Waals surface area contributed by atoms with Crippen LogP contribution in [0.4, 0.5) is 5.69 Å². The number of anilines is 1. The zero-order chi connectivity index (χ0) is 14.4. The van der Waals surface area contributed by atoms with Gasteiger partial charge in [0, 0.05) is 17.6 Å². The molecule has 0 heterocycles. The Bertz CT molecular complexity index is 450. The van der Waals surface area contributed by atoms with Crippen LogP contribution >= 0.6 is 0 Å². The lowest BCUT2D eigenvalue weighted by atomic mass is 9.80. The van der Waals surface area contributed by atoms with Crippen LogP contribution in [-0.2, 0) is 11.2 Å². The van der Waals surface area contributed by atoms with Crippen molar-refractivity contribution in [2.24, 2.45) is 5.73 Å². The first-order valence-electron chi connectivity index (χ1n) is 7.80. The third kappa shape index (κ3) is 4.07. The van der Waals surface area contributed by atoms with Gasteiger partial charge in [-0.25, -0.2) is 0 Å². The van der Waals surface area contributed by atoms with Crippen molar-refractivity contribution in [2.45, 2.75) is 63.8 Å². The van der Waals surface area contributed by atoms with Crippen molar-refractivity contribution in [2.75, 3.05) is 5.32 Å². The van der Waals surface area contributed by atoms with Crippen molar-refractivity contribution < 1.29 is 4.79 Å². The van der Waals surface area contributed by atoms with E-state index in [2.05, 4.69) is 18.3 Å². The van der Waals surface area contributed by atoms with E-state index in [1.54, 1.807) is 0 Å². The van der Waals surface area contributed by atoms with Crippen molar-refractivity contribution >= 4 is 11.6 Å². The molecule has 0 saturated heterocycles. The van der Waals surface area contributed by atoms with Crippen LogP contribution in [0.5, 0.6) is 0 Å². The standard InChI is InChI=1S/C17H26N2O/c1-2-8-14-9-4-5-10-15(14)19-16(20)13-17(18)11-6-3-7-12-17/h4-5,9-10H,2-3,6-8,11-13,18H2,1H3,(H,19,20). The summed E-state index contributed by atoms with van der Waals surface area (Å²) < 4.78 is 0. The Balaban J connectivity index is 1.97. The van der Waals surface area contributed by atoms with Crippen LogP contribution in [0, 0.1) is 0 Å². The van der Waals surface area contributed by atoms with E-state index in [4.69, 9.17) is 5.73 Å². The highest BCUT2D eigenvalue weighted by molar-refractivity contribution is 5.92. The van der Waals surface area contributed by atoms with Gasteiger partial charge in [0.2, 0.25) is 5.91 Å². The summed E-state index contributed by atoms with van der Waals surface area (Å²) in [7, 11) is 0. The topological polar surface area (TPSA) is 55.1 Å². The number of rotatable bonds is 5. The van der Waals surface area contributed by atoms with E-state index in [1.165, 1.54) is 12.0 Å². The summed E-state index contributed by atoms with van der Waals surface area (Å²) >= 11 is 0. The molecule has 110 valence electrons. The number of benzene rings is 1. The molecule has 0 bridgehead atoms. The minimum absolute atomic E-state index is 0.0537. The average molecular weight is 274 g/mol. The maximum absolute atomic E-state index is 12.3. The van der Waals surface area contributed by atoms with Crippen LogP contribution in [0.1, 0.15) is 57.4 Å². The quantitative estimate of drug-likeness (QED) is 0.861. The largest absolute Gasteiger partial charge is 0.326 e. The van der Waals surface area contributed by atoms with E-state index in [-0.39, 0.29) is 11.4 Å². The SMILES string of the molecule is CCCc1ccccc1NC(=O)CC1(N)CCCCC1.